The number of carbonyl (C=O) groups excluding carboxylic acids is 1. The Balaban J connectivity index is 2.80. The first-order valence-electron chi connectivity index (χ1n) is 5.49. The second-order valence-corrected chi connectivity index (χ2v) is 4.43. The Bertz CT molecular complexity index is 489. The summed E-state index contributed by atoms with van der Waals surface area (Å²) >= 11 is 0. The van der Waals surface area contributed by atoms with Gasteiger partial charge in [0.15, 0.2) is 0 Å². The van der Waals surface area contributed by atoms with E-state index in [1.807, 2.05) is 13.8 Å². The summed E-state index contributed by atoms with van der Waals surface area (Å²) in [6.45, 7) is 4.13. The van der Waals surface area contributed by atoms with Gasteiger partial charge < -0.3 is 4.74 Å². The lowest BCUT2D eigenvalue weighted by atomic mass is 10.1. The average Bonchev–Trinajstić information content (AvgIpc) is 2.36. The van der Waals surface area contributed by atoms with Crippen LogP contribution < -0.4 is 5.32 Å². The van der Waals surface area contributed by atoms with Gasteiger partial charge in [0, 0.05) is 6.54 Å². The molecule has 0 aliphatic heterocycles. The highest BCUT2D eigenvalue weighted by Gasteiger charge is 2.15. The number of hydrogen-bond donors (Lipinski definition) is 1. The average molecular weight is 249 g/mol. The van der Waals surface area contributed by atoms with Crippen molar-refractivity contribution in [3.8, 4) is 12.3 Å². The van der Waals surface area contributed by atoms with Gasteiger partial charge in [-0.1, -0.05) is 12.0 Å². The van der Waals surface area contributed by atoms with Gasteiger partial charge in [0.05, 0.1) is 18.2 Å². The van der Waals surface area contributed by atoms with Crippen LogP contribution in [0.2, 0.25) is 0 Å². The number of benzene rings is 1. The largest absolute Gasteiger partial charge is 0.465 e. The van der Waals surface area contributed by atoms with Crippen LogP contribution in [0.4, 0.5) is 4.39 Å². The third kappa shape index (κ3) is 3.57. The van der Waals surface area contributed by atoms with Crippen LogP contribution in [0, 0.1) is 18.2 Å². The van der Waals surface area contributed by atoms with Gasteiger partial charge in [-0.25, -0.2) is 9.18 Å². The van der Waals surface area contributed by atoms with E-state index in [-0.39, 0.29) is 5.56 Å². The maximum Gasteiger partial charge on any atom is 0.340 e. The number of rotatable bonds is 4. The fraction of sp³-hybridized carbons (Fsp3) is 0.357. The minimum atomic E-state index is -0.684. The van der Waals surface area contributed by atoms with Crippen molar-refractivity contribution in [2.75, 3.05) is 7.11 Å². The Labute approximate surface area is 106 Å². The number of esters is 1. The van der Waals surface area contributed by atoms with Gasteiger partial charge in [-0.3, -0.25) is 5.32 Å². The van der Waals surface area contributed by atoms with Gasteiger partial charge >= 0.3 is 5.97 Å². The summed E-state index contributed by atoms with van der Waals surface area (Å²) in [5.41, 5.74) is 0.179. The molecule has 0 aliphatic carbocycles. The zero-order chi connectivity index (χ0) is 13.8. The van der Waals surface area contributed by atoms with Crippen molar-refractivity contribution >= 4 is 5.97 Å². The van der Waals surface area contributed by atoms with E-state index in [9.17, 15) is 9.18 Å². The molecule has 0 fully saturated rings. The van der Waals surface area contributed by atoms with Gasteiger partial charge in [-0.15, -0.1) is 6.42 Å². The molecule has 0 amide bonds. The summed E-state index contributed by atoms with van der Waals surface area (Å²) in [4.78, 5) is 11.2. The van der Waals surface area contributed by atoms with Crippen LogP contribution in [-0.2, 0) is 11.3 Å². The second-order valence-electron chi connectivity index (χ2n) is 4.43. The first-order valence-corrected chi connectivity index (χ1v) is 5.49. The normalized spacial score (nSPS) is 10.8. The molecule has 1 N–H and O–H groups in total. The smallest absolute Gasteiger partial charge is 0.340 e. The number of methoxy groups -OCH3 is 1. The Morgan fingerprint density at radius 3 is 2.72 bits per heavy atom. The highest BCUT2D eigenvalue weighted by atomic mass is 19.1. The summed E-state index contributed by atoms with van der Waals surface area (Å²) in [7, 11) is 1.21. The zero-order valence-electron chi connectivity index (χ0n) is 10.7. The molecule has 96 valence electrons. The number of carbonyl (C=O) groups is 1. The Kier molecular flexibility index (Phi) is 4.46. The molecule has 0 atom stereocenters. The molecule has 0 radical (unpaired) electrons. The number of nitrogens with one attached hydrogen (secondary N) is 1. The lowest BCUT2D eigenvalue weighted by molar-refractivity contribution is 0.0595. The summed E-state index contributed by atoms with van der Waals surface area (Å²) in [5.74, 6) is 1.30. The third-order valence-electron chi connectivity index (χ3n) is 2.53. The van der Waals surface area contributed by atoms with Crippen molar-refractivity contribution in [2.45, 2.75) is 25.9 Å². The molecule has 0 unspecified atom stereocenters. The molecular weight excluding hydrogens is 233 g/mol. The second kappa shape index (κ2) is 5.65. The zero-order valence-corrected chi connectivity index (χ0v) is 10.7. The number of hydrogen-bond acceptors (Lipinski definition) is 3. The molecule has 1 aromatic rings. The molecule has 0 aliphatic rings. The SMILES string of the molecule is C#CC(C)(C)NCc1ccc(C(=O)OC)c(F)c1. The van der Waals surface area contributed by atoms with Crippen LogP contribution in [0.3, 0.4) is 0 Å². The molecule has 0 bridgehead atoms. The van der Waals surface area contributed by atoms with E-state index in [0.29, 0.717) is 12.1 Å². The van der Waals surface area contributed by atoms with Gasteiger partial charge in [0.1, 0.15) is 5.82 Å². The van der Waals surface area contributed by atoms with Crippen LogP contribution in [0.15, 0.2) is 18.2 Å². The molecule has 0 heterocycles. The Morgan fingerprint density at radius 2 is 2.22 bits per heavy atom. The molecule has 3 nitrogen and oxygen atoms in total. The summed E-state index contributed by atoms with van der Waals surface area (Å²) in [6, 6.07) is 4.36. The predicted octanol–water partition coefficient (Wildman–Crippen LogP) is 2.11. The van der Waals surface area contributed by atoms with E-state index in [2.05, 4.69) is 16.0 Å². The van der Waals surface area contributed by atoms with Gasteiger partial charge in [0.2, 0.25) is 0 Å². The first-order chi connectivity index (χ1) is 8.39. The van der Waals surface area contributed by atoms with E-state index in [0.717, 1.165) is 0 Å². The lowest BCUT2D eigenvalue weighted by Crippen LogP contribution is -2.36. The summed E-state index contributed by atoms with van der Waals surface area (Å²) < 4.78 is 18.1. The molecule has 0 aromatic heterocycles. The predicted molar refractivity (Wildman–Crippen MR) is 67.5 cm³/mol. The number of ether oxygens (including phenoxy) is 1. The minimum Gasteiger partial charge on any atom is -0.465 e. The van der Waals surface area contributed by atoms with Crippen LogP contribution >= 0.6 is 0 Å². The first kappa shape index (κ1) is 14.2. The number of terminal acetylenes is 1. The van der Waals surface area contributed by atoms with Gasteiger partial charge in [-0.2, -0.15) is 0 Å². The van der Waals surface area contributed by atoms with E-state index < -0.39 is 17.3 Å². The minimum absolute atomic E-state index is 0.0718. The highest BCUT2D eigenvalue weighted by molar-refractivity contribution is 5.89. The van der Waals surface area contributed by atoms with Crippen molar-refractivity contribution in [2.24, 2.45) is 0 Å². The fourth-order valence-corrected chi connectivity index (χ4v) is 1.32. The standard InChI is InChI=1S/C14H16FNO2/c1-5-14(2,3)16-9-10-6-7-11(12(15)8-10)13(17)18-4/h1,6-8,16H,9H2,2-4H3. The van der Waals surface area contributed by atoms with Gasteiger partial charge in [0.25, 0.3) is 0 Å². The van der Waals surface area contributed by atoms with Crippen molar-refractivity contribution in [3.63, 3.8) is 0 Å². The highest BCUT2D eigenvalue weighted by Crippen LogP contribution is 2.12. The van der Waals surface area contributed by atoms with Crippen molar-refractivity contribution < 1.29 is 13.9 Å². The van der Waals surface area contributed by atoms with Crippen molar-refractivity contribution in [1.29, 1.82) is 0 Å². The Morgan fingerprint density at radius 1 is 1.56 bits per heavy atom. The lowest BCUT2D eigenvalue weighted by Gasteiger charge is -2.19. The van der Waals surface area contributed by atoms with Crippen LogP contribution in [-0.4, -0.2) is 18.6 Å². The van der Waals surface area contributed by atoms with E-state index >= 15 is 0 Å². The van der Waals surface area contributed by atoms with E-state index in [1.165, 1.54) is 19.2 Å². The summed E-state index contributed by atoms with van der Waals surface area (Å²) in [6.07, 6.45) is 5.33. The van der Waals surface area contributed by atoms with Crippen LogP contribution in [0.5, 0.6) is 0 Å². The van der Waals surface area contributed by atoms with Crippen molar-refractivity contribution in [3.05, 3.63) is 35.1 Å². The third-order valence-corrected chi connectivity index (χ3v) is 2.53. The summed E-state index contributed by atoms with van der Waals surface area (Å²) in [5, 5.41) is 3.10. The topological polar surface area (TPSA) is 38.3 Å². The Hall–Kier alpha value is -1.86. The van der Waals surface area contributed by atoms with Crippen molar-refractivity contribution in [1.82, 2.24) is 5.32 Å². The maximum absolute atomic E-state index is 13.6. The molecule has 18 heavy (non-hydrogen) atoms. The van der Waals surface area contributed by atoms with Crippen LogP contribution in [0.1, 0.15) is 29.8 Å². The molecule has 4 heteroatoms. The molecule has 0 saturated carbocycles. The maximum atomic E-state index is 13.6. The quantitative estimate of drug-likeness (QED) is 0.656. The van der Waals surface area contributed by atoms with Gasteiger partial charge in [-0.05, 0) is 31.5 Å². The van der Waals surface area contributed by atoms with Crippen LogP contribution in [0.25, 0.3) is 0 Å². The fourth-order valence-electron chi connectivity index (χ4n) is 1.32. The van der Waals surface area contributed by atoms with E-state index in [1.54, 1.807) is 6.07 Å². The molecule has 1 rings (SSSR count). The molecule has 0 saturated heterocycles. The molecule has 1 aromatic carbocycles. The number of halogens is 1. The monoisotopic (exact) mass is 249 g/mol. The molecular formula is C14H16FNO2. The van der Waals surface area contributed by atoms with E-state index in [4.69, 9.17) is 6.42 Å². The molecule has 0 spiro atoms.